The molecule has 0 radical (unpaired) electrons. The van der Waals surface area contributed by atoms with Gasteiger partial charge in [0.15, 0.2) is 11.5 Å². The number of amides is 1. The highest BCUT2D eigenvalue weighted by molar-refractivity contribution is 7.17. The molecule has 5 nitrogen and oxygen atoms in total. The van der Waals surface area contributed by atoms with E-state index < -0.39 is 6.10 Å². The van der Waals surface area contributed by atoms with Crippen LogP contribution in [0.3, 0.4) is 0 Å². The van der Waals surface area contributed by atoms with Crippen molar-refractivity contribution in [2.75, 3.05) is 6.61 Å². The summed E-state index contributed by atoms with van der Waals surface area (Å²) in [5.41, 5.74) is 3.67. The van der Waals surface area contributed by atoms with Crippen molar-refractivity contribution in [2.24, 2.45) is 5.10 Å². The molecule has 1 aromatic heterocycles. The van der Waals surface area contributed by atoms with E-state index in [1.807, 2.05) is 48.5 Å². The van der Waals surface area contributed by atoms with E-state index in [4.69, 9.17) is 9.47 Å². The van der Waals surface area contributed by atoms with E-state index in [9.17, 15) is 4.79 Å². The Balaban J connectivity index is 1.36. The van der Waals surface area contributed by atoms with Crippen molar-refractivity contribution in [2.45, 2.75) is 6.10 Å². The van der Waals surface area contributed by atoms with Gasteiger partial charge in [-0.2, -0.15) is 5.10 Å². The lowest BCUT2D eigenvalue weighted by Crippen LogP contribution is -2.42. The first-order valence-electron chi connectivity index (χ1n) is 8.16. The number of hydrogen-bond acceptors (Lipinski definition) is 5. The molecule has 0 fully saturated rings. The number of thiophene rings is 1. The lowest BCUT2D eigenvalue weighted by atomic mass is 10.2. The van der Waals surface area contributed by atoms with Crippen molar-refractivity contribution >= 4 is 23.5 Å². The van der Waals surface area contributed by atoms with Crippen LogP contribution in [0.25, 0.3) is 10.4 Å². The zero-order valence-corrected chi connectivity index (χ0v) is 14.6. The van der Waals surface area contributed by atoms with Gasteiger partial charge in [0.2, 0.25) is 6.10 Å². The Morgan fingerprint density at radius 1 is 1.04 bits per heavy atom. The molecular weight excluding hydrogens is 348 g/mol. The van der Waals surface area contributed by atoms with Gasteiger partial charge in [-0.25, -0.2) is 5.43 Å². The van der Waals surface area contributed by atoms with Crippen molar-refractivity contribution in [1.29, 1.82) is 0 Å². The zero-order chi connectivity index (χ0) is 17.8. The summed E-state index contributed by atoms with van der Waals surface area (Å²) < 4.78 is 11.2. The highest BCUT2D eigenvalue weighted by atomic mass is 32.1. The second-order valence-corrected chi connectivity index (χ2v) is 6.78. The van der Waals surface area contributed by atoms with Gasteiger partial charge in [-0.1, -0.05) is 42.5 Å². The van der Waals surface area contributed by atoms with E-state index in [1.165, 1.54) is 0 Å². The van der Waals surface area contributed by atoms with Gasteiger partial charge in [-0.3, -0.25) is 4.79 Å². The molecule has 2 aromatic carbocycles. The number of ether oxygens (including phenoxy) is 2. The van der Waals surface area contributed by atoms with Crippen molar-refractivity contribution in [3.05, 3.63) is 71.6 Å². The molecule has 0 saturated carbocycles. The predicted molar refractivity (Wildman–Crippen MR) is 102 cm³/mol. The highest BCUT2D eigenvalue weighted by Crippen LogP contribution is 2.31. The average molecular weight is 364 g/mol. The fourth-order valence-electron chi connectivity index (χ4n) is 2.56. The van der Waals surface area contributed by atoms with Gasteiger partial charge in [0.05, 0.1) is 6.21 Å². The first-order valence-corrected chi connectivity index (χ1v) is 8.98. The zero-order valence-electron chi connectivity index (χ0n) is 13.8. The molecule has 130 valence electrons. The van der Waals surface area contributed by atoms with E-state index >= 15 is 0 Å². The Morgan fingerprint density at radius 2 is 1.81 bits per heavy atom. The van der Waals surface area contributed by atoms with Crippen LogP contribution in [0.15, 0.2) is 71.8 Å². The van der Waals surface area contributed by atoms with Gasteiger partial charge < -0.3 is 9.47 Å². The number of hydrazone groups is 1. The Labute approximate surface area is 154 Å². The smallest absolute Gasteiger partial charge is 0.284 e. The summed E-state index contributed by atoms with van der Waals surface area (Å²) in [5.74, 6) is 0.872. The van der Waals surface area contributed by atoms with Crippen LogP contribution in [0.5, 0.6) is 11.5 Å². The summed E-state index contributed by atoms with van der Waals surface area (Å²) >= 11 is 1.61. The maximum atomic E-state index is 12.2. The fraction of sp³-hybridized carbons (Fsp3) is 0.100. The third-order valence-electron chi connectivity index (χ3n) is 3.85. The van der Waals surface area contributed by atoms with Crippen molar-refractivity contribution in [1.82, 2.24) is 5.43 Å². The van der Waals surface area contributed by atoms with E-state index in [1.54, 1.807) is 23.6 Å². The SMILES string of the molecule is O=C(N/N=C\c1ccc(-c2ccccc2)s1)[C@@H]1COc2ccccc2O1. The van der Waals surface area contributed by atoms with Crippen molar-refractivity contribution in [3.8, 4) is 21.9 Å². The van der Waals surface area contributed by atoms with Crippen LogP contribution in [-0.4, -0.2) is 24.8 Å². The third-order valence-corrected chi connectivity index (χ3v) is 4.92. The molecule has 6 heteroatoms. The Bertz CT molecular complexity index is 937. The molecule has 0 saturated heterocycles. The number of carbonyl (C=O) groups excluding carboxylic acids is 1. The molecule has 1 aliphatic rings. The van der Waals surface area contributed by atoms with Crippen LogP contribution in [0.4, 0.5) is 0 Å². The van der Waals surface area contributed by atoms with E-state index in [0.717, 1.165) is 15.3 Å². The van der Waals surface area contributed by atoms with Crippen molar-refractivity contribution in [3.63, 3.8) is 0 Å². The van der Waals surface area contributed by atoms with E-state index in [2.05, 4.69) is 22.7 Å². The molecule has 2 heterocycles. The van der Waals surface area contributed by atoms with Crippen LogP contribution < -0.4 is 14.9 Å². The lowest BCUT2D eigenvalue weighted by Gasteiger charge is -2.24. The quantitative estimate of drug-likeness (QED) is 0.567. The summed E-state index contributed by atoms with van der Waals surface area (Å²) in [4.78, 5) is 14.3. The van der Waals surface area contributed by atoms with Gasteiger partial charge in [-0.05, 0) is 29.8 Å². The molecule has 0 bridgehead atoms. The normalized spacial score (nSPS) is 15.8. The number of para-hydroxylation sites is 2. The molecule has 1 N–H and O–H groups in total. The summed E-state index contributed by atoms with van der Waals surface area (Å²) in [6.45, 7) is 0.162. The standard InChI is InChI=1S/C20H16N2O3S/c23-20(18-13-24-16-8-4-5-9-17(16)25-18)22-21-12-15-10-11-19(26-15)14-6-2-1-3-7-14/h1-12,18H,13H2,(H,22,23)/b21-12-/t18-/m0/s1. The molecule has 1 atom stereocenters. The summed E-state index contributed by atoms with van der Waals surface area (Å²) in [6.07, 6.45) is 0.914. The molecule has 26 heavy (non-hydrogen) atoms. The van der Waals surface area contributed by atoms with Gasteiger partial charge in [0, 0.05) is 9.75 Å². The Kier molecular flexibility index (Phi) is 4.66. The Hall–Kier alpha value is -3.12. The number of benzene rings is 2. The van der Waals surface area contributed by atoms with Crippen molar-refractivity contribution < 1.29 is 14.3 Å². The van der Waals surface area contributed by atoms with Crippen LogP contribution in [0, 0.1) is 0 Å². The van der Waals surface area contributed by atoms with E-state index in [0.29, 0.717) is 11.5 Å². The number of carbonyl (C=O) groups is 1. The summed E-state index contributed by atoms with van der Waals surface area (Å²) in [6, 6.07) is 21.4. The molecular formula is C20H16N2O3S. The number of fused-ring (bicyclic) bond motifs is 1. The monoisotopic (exact) mass is 364 g/mol. The van der Waals surface area contributed by atoms with Crippen LogP contribution in [0.2, 0.25) is 0 Å². The molecule has 1 amide bonds. The largest absolute Gasteiger partial charge is 0.485 e. The number of rotatable bonds is 4. The molecule has 0 unspecified atom stereocenters. The second-order valence-electron chi connectivity index (χ2n) is 5.67. The molecule has 3 aromatic rings. The number of nitrogens with zero attached hydrogens (tertiary/aromatic N) is 1. The van der Waals surface area contributed by atoms with Crippen LogP contribution >= 0.6 is 11.3 Å². The second kappa shape index (κ2) is 7.41. The lowest BCUT2D eigenvalue weighted by molar-refractivity contribution is -0.130. The summed E-state index contributed by atoms with van der Waals surface area (Å²) in [7, 11) is 0. The van der Waals surface area contributed by atoms with Crippen LogP contribution in [-0.2, 0) is 4.79 Å². The predicted octanol–water partition coefficient (Wildman–Crippen LogP) is 3.71. The number of nitrogens with one attached hydrogen (secondary N) is 1. The minimum absolute atomic E-state index is 0.162. The molecule has 1 aliphatic heterocycles. The maximum Gasteiger partial charge on any atom is 0.284 e. The minimum Gasteiger partial charge on any atom is -0.485 e. The van der Waals surface area contributed by atoms with Gasteiger partial charge in [0.1, 0.15) is 6.61 Å². The third kappa shape index (κ3) is 3.60. The highest BCUT2D eigenvalue weighted by Gasteiger charge is 2.26. The molecule has 0 spiro atoms. The topological polar surface area (TPSA) is 59.9 Å². The molecule has 0 aliphatic carbocycles. The van der Waals surface area contributed by atoms with Gasteiger partial charge >= 0.3 is 0 Å². The Morgan fingerprint density at radius 3 is 2.65 bits per heavy atom. The van der Waals surface area contributed by atoms with E-state index in [-0.39, 0.29) is 12.5 Å². The van der Waals surface area contributed by atoms with Gasteiger partial charge in [-0.15, -0.1) is 11.3 Å². The summed E-state index contributed by atoms with van der Waals surface area (Å²) in [5, 5.41) is 4.03. The van der Waals surface area contributed by atoms with Crippen LogP contribution in [0.1, 0.15) is 4.88 Å². The first-order chi connectivity index (χ1) is 12.8. The number of hydrogen-bond donors (Lipinski definition) is 1. The maximum absolute atomic E-state index is 12.2. The fourth-order valence-corrected chi connectivity index (χ4v) is 3.45. The first kappa shape index (κ1) is 16.4. The molecule has 4 rings (SSSR count). The minimum atomic E-state index is -0.717. The average Bonchev–Trinajstić information content (AvgIpc) is 3.17. The van der Waals surface area contributed by atoms with Gasteiger partial charge in [0.25, 0.3) is 5.91 Å².